The predicted octanol–water partition coefficient (Wildman–Crippen LogP) is 3.84. The van der Waals surface area contributed by atoms with Gasteiger partial charge in [-0.3, -0.25) is 20.2 Å². The van der Waals surface area contributed by atoms with Gasteiger partial charge in [0, 0.05) is 17.0 Å². The first-order chi connectivity index (χ1) is 10.9. The molecule has 0 aliphatic heterocycles. The molecule has 0 spiro atoms. The Kier molecular flexibility index (Phi) is 3.70. The van der Waals surface area contributed by atoms with Crippen LogP contribution in [0.25, 0.3) is 11.0 Å². The van der Waals surface area contributed by atoms with Crippen LogP contribution in [-0.4, -0.2) is 19.8 Å². The molecule has 0 saturated carbocycles. The number of nitrogens with zero attached hydrogens (tertiary/aromatic N) is 3. The highest BCUT2D eigenvalue weighted by Gasteiger charge is 2.17. The molecule has 1 N–H and O–H groups in total. The van der Waals surface area contributed by atoms with Crippen LogP contribution in [0.3, 0.4) is 0 Å². The second kappa shape index (κ2) is 5.69. The van der Waals surface area contributed by atoms with E-state index in [1.165, 1.54) is 12.1 Å². The largest absolute Gasteiger partial charge is 0.333 e. The Morgan fingerprint density at radius 2 is 1.70 bits per heavy atom. The Labute approximate surface area is 133 Å². The summed E-state index contributed by atoms with van der Waals surface area (Å²) in [4.78, 5) is 28.3. The summed E-state index contributed by atoms with van der Waals surface area (Å²) in [6, 6.07) is 9.23. The third kappa shape index (κ3) is 3.14. The monoisotopic (exact) mass is 330 g/mol. The molecule has 0 saturated heterocycles. The molecular formula is C14H10N4O4S. The van der Waals surface area contributed by atoms with E-state index in [0.29, 0.717) is 10.1 Å². The molecule has 9 heteroatoms. The number of aryl methyl sites for hydroxylation is 1. The number of non-ortho nitro benzene ring substituents is 2. The maximum absolute atomic E-state index is 10.9. The van der Waals surface area contributed by atoms with Crippen molar-refractivity contribution in [3.8, 4) is 0 Å². The summed E-state index contributed by atoms with van der Waals surface area (Å²) in [5.41, 5.74) is 2.02. The van der Waals surface area contributed by atoms with Crippen LogP contribution >= 0.6 is 11.8 Å². The number of aromatic nitrogens is 2. The second-order valence-electron chi connectivity index (χ2n) is 4.86. The second-order valence-corrected chi connectivity index (χ2v) is 5.93. The minimum absolute atomic E-state index is 0.325. The molecule has 0 aliphatic rings. The lowest BCUT2D eigenvalue weighted by molar-refractivity contribution is -0.394. The van der Waals surface area contributed by atoms with Gasteiger partial charge in [0.05, 0.1) is 26.9 Å². The van der Waals surface area contributed by atoms with Crippen LogP contribution in [-0.2, 0) is 0 Å². The number of nitro benzene ring substituents is 2. The average molecular weight is 330 g/mol. The van der Waals surface area contributed by atoms with Crippen molar-refractivity contribution in [1.29, 1.82) is 0 Å². The highest BCUT2D eigenvalue weighted by molar-refractivity contribution is 7.99. The highest BCUT2D eigenvalue weighted by Crippen LogP contribution is 2.33. The lowest BCUT2D eigenvalue weighted by Gasteiger charge is -1.99. The summed E-state index contributed by atoms with van der Waals surface area (Å²) in [5.74, 6) is 0. The van der Waals surface area contributed by atoms with Gasteiger partial charge in [-0.15, -0.1) is 0 Å². The van der Waals surface area contributed by atoms with Crippen molar-refractivity contribution >= 4 is 34.2 Å². The van der Waals surface area contributed by atoms with E-state index in [1.807, 2.05) is 25.1 Å². The molecule has 3 aromatic rings. The minimum atomic E-state index is -0.654. The molecule has 23 heavy (non-hydrogen) atoms. The van der Waals surface area contributed by atoms with Gasteiger partial charge in [0.1, 0.15) is 0 Å². The number of H-pyrrole nitrogens is 1. The van der Waals surface area contributed by atoms with E-state index in [4.69, 9.17) is 0 Å². The van der Waals surface area contributed by atoms with Gasteiger partial charge in [-0.1, -0.05) is 17.8 Å². The molecule has 1 heterocycles. The van der Waals surface area contributed by atoms with E-state index >= 15 is 0 Å². The molecule has 3 rings (SSSR count). The van der Waals surface area contributed by atoms with Gasteiger partial charge >= 0.3 is 0 Å². The molecule has 2 aromatic carbocycles. The summed E-state index contributed by atoms with van der Waals surface area (Å²) in [6.45, 7) is 1.96. The fraction of sp³-hybridized carbons (Fsp3) is 0.0714. The van der Waals surface area contributed by atoms with Crippen LogP contribution in [0.5, 0.6) is 0 Å². The molecule has 0 atom stereocenters. The molecular weight excluding hydrogens is 320 g/mol. The third-order valence-corrected chi connectivity index (χ3v) is 3.99. The van der Waals surface area contributed by atoms with Crippen molar-refractivity contribution in [1.82, 2.24) is 9.97 Å². The van der Waals surface area contributed by atoms with Crippen LogP contribution in [0.2, 0.25) is 0 Å². The summed E-state index contributed by atoms with van der Waals surface area (Å²) in [5, 5.41) is 22.3. The zero-order chi connectivity index (χ0) is 16.6. The number of hydrogen-bond acceptors (Lipinski definition) is 6. The number of imidazole rings is 1. The van der Waals surface area contributed by atoms with E-state index in [9.17, 15) is 20.2 Å². The Morgan fingerprint density at radius 3 is 2.30 bits per heavy atom. The molecule has 0 bridgehead atoms. The van der Waals surface area contributed by atoms with Crippen LogP contribution in [0.4, 0.5) is 11.4 Å². The van der Waals surface area contributed by atoms with Crippen molar-refractivity contribution in [3.05, 3.63) is 62.2 Å². The van der Waals surface area contributed by atoms with Crippen LogP contribution in [0, 0.1) is 27.2 Å². The molecule has 116 valence electrons. The first kappa shape index (κ1) is 15.0. The molecule has 0 unspecified atom stereocenters. The SMILES string of the molecule is Cc1ccc2nc(Sc3cc([N+](=O)[O-])cc([N+](=O)[O-])c3)[nH]c2c1. The summed E-state index contributed by atoms with van der Waals surface area (Å²) in [6.07, 6.45) is 0. The highest BCUT2D eigenvalue weighted by atomic mass is 32.2. The van der Waals surface area contributed by atoms with Crippen LogP contribution in [0.15, 0.2) is 46.5 Å². The van der Waals surface area contributed by atoms with Crippen LogP contribution < -0.4 is 0 Å². The topological polar surface area (TPSA) is 115 Å². The number of nitro groups is 2. The Bertz CT molecular complexity index is 905. The number of fused-ring (bicyclic) bond motifs is 1. The standard InChI is InChI=1S/C14H10N4O4S/c1-8-2-3-12-13(4-8)16-14(15-12)23-11-6-9(17(19)20)5-10(7-11)18(21)22/h2-7H,1H3,(H,15,16). The van der Waals surface area contributed by atoms with E-state index in [-0.39, 0.29) is 11.4 Å². The van der Waals surface area contributed by atoms with Gasteiger partial charge < -0.3 is 4.98 Å². The molecule has 1 aromatic heterocycles. The Morgan fingerprint density at radius 1 is 1.04 bits per heavy atom. The molecule has 0 radical (unpaired) electrons. The van der Waals surface area contributed by atoms with Crippen molar-refractivity contribution in [3.63, 3.8) is 0 Å². The van der Waals surface area contributed by atoms with Crippen molar-refractivity contribution in [2.75, 3.05) is 0 Å². The van der Waals surface area contributed by atoms with E-state index in [2.05, 4.69) is 9.97 Å². The van der Waals surface area contributed by atoms with Crippen molar-refractivity contribution in [2.45, 2.75) is 17.0 Å². The third-order valence-electron chi connectivity index (χ3n) is 3.13. The first-order valence-corrected chi connectivity index (χ1v) is 7.32. The lowest BCUT2D eigenvalue weighted by atomic mass is 10.2. The Balaban J connectivity index is 2.00. The Hall–Kier alpha value is -2.94. The zero-order valence-corrected chi connectivity index (χ0v) is 12.7. The van der Waals surface area contributed by atoms with Gasteiger partial charge in [0.2, 0.25) is 0 Å². The van der Waals surface area contributed by atoms with E-state index in [1.54, 1.807) is 0 Å². The molecule has 0 aliphatic carbocycles. The normalized spacial score (nSPS) is 10.8. The fourth-order valence-electron chi connectivity index (χ4n) is 2.10. The van der Waals surface area contributed by atoms with Gasteiger partial charge in [0.25, 0.3) is 11.4 Å². The van der Waals surface area contributed by atoms with E-state index in [0.717, 1.165) is 34.4 Å². The number of benzene rings is 2. The van der Waals surface area contributed by atoms with Gasteiger partial charge in [-0.25, -0.2) is 4.98 Å². The number of aromatic amines is 1. The zero-order valence-electron chi connectivity index (χ0n) is 11.8. The fourth-order valence-corrected chi connectivity index (χ4v) is 2.99. The summed E-state index contributed by atoms with van der Waals surface area (Å²) < 4.78 is 0. The average Bonchev–Trinajstić information content (AvgIpc) is 2.87. The minimum Gasteiger partial charge on any atom is -0.333 e. The van der Waals surface area contributed by atoms with Crippen molar-refractivity contribution in [2.24, 2.45) is 0 Å². The molecule has 0 amide bonds. The summed E-state index contributed by atoms with van der Waals surface area (Å²) >= 11 is 1.11. The maximum Gasteiger partial charge on any atom is 0.277 e. The first-order valence-electron chi connectivity index (χ1n) is 6.50. The lowest BCUT2D eigenvalue weighted by Crippen LogP contribution is -1.93. The van der Waals surface area contributed by atoms with Gasteiger partial charge in [-0.2, -0.15) is 0 Å². The number of hydrogen-bond donors (Lipinski definition) is 1. The molecule has 0 fully saturated rings. The van der Waals surface area contributed by atoms with Crippen molar-refractivity contribution < 1.29 is 9.85 Å². The maximum atomic E-state index is 10.9. The smallest absolute Gasteiger partial charge is 0.277 e. The quantitative estimate of drug-likeness (QED) is 0.574. The van der Waals surface area contributed by atoms with Gasteiger partial charge in [0.15, 0.2) is 5.16 Å². The van der Waals surface area contributed by atoms with Gasteiger partial charge in [-0.05, 0) is 24.6 Å². The number of nitrogens with one attached hydrogen (secondary N) is 1. The summed E-state index contributed by atoms with van der Waals surface area (Å²) in [7, 11) is 0. The predicted molar refractivity (Wildman–Crippen MR) is 84.7 cm³/mol. The molecule has 8 nitrogen and oxygen atoms in total. The van der Waals surface area contributed by atoms with Crippen LogP contribution in [0.1, 0.15) is 5.56 Å². The number of rotatable bonds is 4. The van der Waals surface area contributed by atoms with E-state index < -0.39 is 9.85 Å².